The summed E-state index contributed by atoms with van der Waals surface area (Å²) in [6, 6.07) is 47.2. The number of hydrogen-bond acceptors (Lipinski definition) is 11. The van der Waals surface area contributed by atoms with Crippen LogP contribution in [0.25, 0.3) is 11.1 Å². The molecule has 23 heteroatoms. The van der Waals surface area contributed by atoms with E-state index in [1.54, 1.807) is 28.8 Å². The van der Waals surface area contributed by atoms with Gasteiger partial charge in [0.25, 0.3) is 17.7 Å². The molecule has 1 spiro atoms. The van der Waals surface area contributed by atoms with Crippen molar-refractivity contribution < 1.29 is 68.9 Å². The highest BCUT2D eigenvalue weighted by molar-refractivity contribution is 5.96. The molecule has 534 valence electrons. The molecule has 0 radical (unpaired) electrons. The summed E-state index contributed by atoms with van der Waals surface area (Å²) in [4.78, 5) is 80.2. The van der Waals surface area contributed by atoms with Gasteiger partial charge in [-0.2, -0.15) is 26.3 Å². The third-order valence-corrected chi connectivity index (χ3v) is 20.2. The van der Waals surface area contributed by atoms with E-state index in [-0.39, 0.29) is 55.6 Å². The normalized spacial score (nSPS) is 18.0. The number of alkyl halides is 6. The largest absolute Gasteiger partial charge is 0.446 e. The monoisotopic (exact) mass is 1390 g/mol. The van der Waals surface area contributed by atoms with Gasteiger partial charge >= 0.3 is 18.4 Å². The van der Waals surface area contributed by atoms with E-state index < -0.39 is 64.6 Å². The number of anilines is 1. The summed E-state index contributed by atoms with van der Waals surface area (Å²) in [6.07, 6.45) is -7.12. The Morgan fingerprint density at radius 2 is 1.18 bits per heavy atom. The van der Waals surface area contributed by atoms with Crippen LogP contribution in [0.3, 0.4) is 0 Å². The zero-order valence-corrected chi connectivity index (χ0v) is 57.2. The van der Waals surface area contributed by atoms with Gasteiger partial charge in [0.2, 0.25) is 5.91 Å². The average Bonchev–Trinajstić information content (AvgIpc) is 1.61. The Kier molecular flexibility index (Phi) is 23.1. The molecule has 7 aromatic rings. The second-order valence-electron chi connectivity index (χ2n) is 27.2. The van der Waals surface area contributed by atoms with Gasteiger partial charge in [0.05, 0.1) is 29.5 Å². The van der Waals surface area contributed by atoms with E-state index in [1.165, 1.54) is 24.3 Å². The molecule has 3 saturated heterocycles. The molecule has 0 unspecified atom stereocenters. The van der Waals surface area contributed by atoms with Gasteiger partial charge in [0, 0.05) is 108 Å². The number of nitrogens with one attached hydrogen (secondary N) is 1. The third kappa shape index (κ3) is 18.0. The van der Waals surface area contributed by atoms with Crippen LogP contribution in [0.1, 0.15) is 109 Å². The van der Waals surface area contributed by atoms with Crippen LogP contribution in [0.2, 0.25) is 0 Å². The average molecular weight is 1400 g/mol. The van der Waals surface area contributed by atoms with Crippen molar-refractivity contribution in [1.82, 2.24) is 34.3 Å². The van der Waals surface area contributed by atoms with Crippen molar-refractivity contribution in [2.24, 2.45) is 0 Å². The van der Waals surface area contributed by atoms with Crippen LogP contribution in [-0.2, 0) is 61.9 Å². The molecule has 3 aliphatic heterocycles. The van der Waals surface area contributed by atoms with Gasteiger partial charge < -0.3 is 43.6 Å². The smallest absolute Gasteiger partial charge is 0.416 e. The van der Waals surface area contributed by atoms with Gasteiger partial charge in [-0.1, -0.05) is 109 Å². The minimum absolute atomic E-state index is 0.0285. The molecular formula is C78H85F7N8O8. The van der Waals surface area contributed by atoms with Crippen LogP contribution < -0.4 is 5.32 Å². The predicted molar refractivity (Wildman–Crippen MR) is 369 cm³/mol. The van der Waals surface area contributed by atoms with Crippen LogP contribution in [-0.4, -0.2) is 183 Å². The van der Waals surface area contributed by atoms with Crippen molar-refractivity contribution >= 4 is 35.4 Å². The molecule has 0 saturated carbocycles. The van der Waals surface area contributed by atoms with Gasteiger partial charge in [0.15, 0.2) is 0 Å². The Bertz CT molecular complexity index is 3980. The number of benzene rings is 7. The van der Waals surface area contributed by atoms with E-state index >= 15 is 0 Å². The Hall–Kier alpha value is -9.00. The van der Waals surface area contributed by atoms with Crippen molar-refractivity contribution in [1.29, 1.82) is 0 Å². The van der Waals surface area contributed by atoms with Gasteiger partial charge in [-0.15, -0.1) is 0 Å². The number of piperidine rings is 2. The van der Waals surface area contributed by atoms with Crippen LogP contribution in [0.4, 0.5) is 41.2 Å². The topological polar surface area (TPSA) is 148 Å². The summed E-state index contributed by atoms with van der Waals surface area (Å²) in [5.41, 5.74) is 2.96. The molecule has 5 amide bonds. The number of nitrogens with zero attached hydrogens (tertiary/aromatic N) is 7. The van der Waals surface area contributed by atoms with E-state index in [2.05, 4.69) is 32.1 Å². The summed E-state index contributed by atoms with van der Waals surface area (Å²) in [5, 5.41) is 2.93. The lowest BCUT2D eigenvalue weighted by atomic mass is 9.72. The maximum absolute atomic E-state index is 14.3. The molecule has 0 bridgehead atoms. The summed E-state index contributed by atoms with van der Waals surface area (Å²) >= 11 is 0. The number of halogens is 7. The molecule has 3 fully saturated rings. The number of fused-ring (bicyclic) bond motifs is 2. The Balaban J connectivity index is 0.587. The number of likely N-dealkylation sites (N-methyl/N-ethyl adjacent to an activating group) is 2. The lowest BCUT2D eigenvalue weighted by Crippen LogP contribution is -2.50. The number of carbonyl (C=O) groups is 5. The number of likely N-dealkylation sites (tertiary alicyclic amines) is 2. The fourth-order valence-corrected chi connectivity index (χ4v) is 14.4. The van der Waals surface area contributed by atoms with Crippen LogP contribution in [0.5, 0.6) is 0 Å². The number of rotatable bonds is 24. The quantitative estimate of drug-likeness (QED) is 0.0577. The molecule has 2 atom stereocenters. The molecule has 101 heavy (non-hydrogen) atoms. The lowest BCUT2D eigenvalue weighted by Gasteiger charge is -2.44. The molecular weight excluding hydrogens is 1310 g/mol. The van der Waals surface area contributed by atoms with Gasteiger partial charge in [-0.3, -0.25) is 29.4 Å². The molecule has 16 nitrogen and oxygen atoms in total. The Morgan fingerprint density at radius 1 is 0.614 bits per heavy atom. The van der Waals surface area contributed by atoms with E-state index in [0.29, 0.717) is 132 Å². The fraction of sp³-hybridized carbons (Fsp3) is 0.397. The number of carbonyl (C=O) groups excluding carboxylic acids is 5. The van der Waals surface area contributed by atoms with Gasteiger partial charge in [0.1, 0.15) is 30.9 Å². The first-order chi connectivity index (χ1) is 48.3. The first-order valence-corrected chi connectivity index (χ1v) is 34.2. The van der Waals surface area contributed by atoms with Crippen molar-refractivity contribution in [3.8, 4) is 11.1 Å². The fourth-order valence-electron chi connectivity index (χ4n) is 14.4. The standard InChI is InChI=1S/C78H85F7N8O8/c1-87(50-55-21-25-58(26-22-55)72(96)90(4)43-44-91-38-31-65(32-39-91)101-74(98)86-68-18-11-9-16-66(68)56-13-6-5-7-14-56)49-54-19-23-57(24-20-54)71(95)89(3)37-12-36-88(2)70(94)51-99-69-47-59-15-8-10-17-67(59)75(69)33-40-92(41-34-75)42-35-76(61-27-29-64(79)30-28-61)52-93(53-100-76)73(97)60-45-62(77(80,81)82)48-63(46-60)78(83,84)85/h5-11,13-30,45-46,48,65,69H,12,31-44,47,49-53H2,1-4H3,(H,86,98)/t69-,76-/m0/s1. The molecule has 4 aliphatic rings. The highest BCUT2D eigenvalue weighted by Gasteiger charge is 2.50. The Labute approximate surface area is 584 Å². The molecule has 0 aromatic heterocycles. The number of para-hydroxylation sites is 1. The molecule has 1 aliphatic carbocycles. The summed E-state index contributed by atoms with van der Waals surface area (Å²) in [6.45, 7) is 5.68. The maximum Gasteiger partial charge on any atom is 0.416 e. The van der Waals surface area contributed by atoms with Crippen molar-refractivity contribution in [3.63, 3.8) is 0 Å². The first kappa shape index (κ1) is 73.2. The van der Waals surface area contributed by atoms with E-state index in [4.69, 9.17) is 14.2 Å². The number of hydrogen-bond donors (Lipinski definition) is 1. The third-order valence-electron chi connectivity index (χ3n) is 20.2. The van der Waals surface area contributed by atoms with Gasteiger partial charge in [-0.05, 0) is 159 Å². The van der Waals surface area contributed by atoms with Crippen LogP contribution in [0.15, 0.2) is 170 Å². The summed E-state index contributed by atoms with van der Waals surface area (Å²) in [7, 11) is 7.29. The van der Waals surface area contributed by atoms with E-state index in [1.807, 2.05) is 129 Å². The van der Waals surface area contributed by atoms with E-state index in [0.717, 1.165) is 51.4 Å². The van der Waals surface area contributed by atoms with Crippen molar-refractivity contribution in [2.75, 3.05) is 112 Å². The zero-order chi connectivity index (χ0) is 71.6. The van der Waals surface area contributed by atoms with E-state index in [9.17, 15) is 54.7 Å². The Morgan fingerprint density at radius 3 is 1.80 bits per heavy atom. The minimum atomic E-state index is -5.15. The first-order valence-electron chi connectivity index (χ1n) is 34.2. The highest BCUT2D eigenvalue weighted by Crippen LogP contribution is 2.49. The van der Waals surface area contributed by atoms with Crippen molar-refractivity contribution in [2.45, 2.75) is 93.6 Å². The molecule has 11 rings (SSSR count). The molecule has 3 heterocycles. The van der Waals surface area contributed by atoms with Crippen LogP contribution >= 0.6 is 0 Å². The predicted octanol–water partition coefficient (Wildman–Crippen LogP) is 13.3. The second-order valence-corrected chi connectivity index (χ2v) is 27.2. The zero-order valence-electron chi connectivity index (χ0n) is 57.2. The summed E-state index contributed by atoms with van der Waals surface area (Å²) in [5.74, 6) is -2.00. The summed E-state index contributed by atoms with van der Waals surface area (Å²) < 4.78 is 116. The minimum Gasteiger partial charge on any atom is -0.446 e. The number of ether oxygens (including phenoxy) is 3. The highest BCUT2D eigenvalue weighted by atomic mass is 19.4. The van der Waals surface area contributed by atoms with Crippen molar-refractivity contribution in [3.05, 3.63) is 231 Å². The SMILES string of the molecule is CN(Cc1ccc(C(=O)N(C)CCCN(C)C(=O)CO[C@H]2Cc3ccccc3C23CCN(CC[C@@]2(c4ccc(F)cc4)CN(C(=O)c4cc(C(F)(F)F)cc(C(F)(F)F)c4)CO2)CC3)cc1)Cc1ccc(C(=O)N(C)CCN2CCC(OC(=O)Nc3ccccc3-c3ccccc3)CC2)cc1. The van der Waals surface area contributed by atoms with Crippen LogP contribution in [0, 0.1) is 5.82 Å². The maximum atomic E-state index is 14.3. The number of amides is 5. The molecule has 7 aromatic carbocycles. The molecule has 1 N–H and O–H groups in total. The second kappa shape index (κ2) is 31.9. The van der Waals surface area contributed by atoms with Gasteiger partial charge in [-0.25, -0.2) is 9.18 Å². The lowest BCUT2D eigenvalue weighted by molar-refractivity contribution is -0.143.